The number of nitrogens with two attached hydrogens (primary N) is 1. The molecule has 0 bridgehead atoms. The van der Waals surface area contributed by atoms with Gasteiger partial charge in [-0.05, 0) is 55.0 Å². The van der Waals surface area contributed by atoms with Gasteiger partial charge in [0, 0.05) is 16.9 Å². The molecule has 1 aliphatic rings. The molecule has 3 rings (SSSR count). The molecule has 118 valence electrons. The summed E-state index contributed by atoms with van der Waals surface area (Å²) in [6.07, 6.45) is 0.332. The van der Waals surface area contributed by atoms with Crippen LogP contribution in [0.1, 0.15) is 22.8 Å². The van der Waals surface area contributed by atoms with Gasteiger partial charge in [0.1, 0.15) is 12.4 Å². The second kappa shape index (κ2) is 6.12. The van der Waals surface area contributed by atoms with Crippen LogP contribution < -0.4 is 15.4 Å². The highest BCUT2D eigenvalue weighted by molar-refractivity contribution is 6.03. The highest BCUT2D eigenvalue weighted by atomic mass is 16.5. The monoisotopic (exact) mass is 310 g/mol. The minimum atomic E-state index is 0.00498. The predicted octanol–water partition coefficient (Wildman–Crippen LogP) is 2.44. The third kappa shape index (κ3) is 3.18. The summed E-state index contributed by atoms with van der Waals surface area (Å²) in [5.41, 5.74) is 8.71. The summed E-state index contributed by atoms with van der Waals surface area (Å²) < 4.78 is 5.64. The highest BCUT2D eigenvalue weighted by Crippen LogP contribution is 2.29. The van der Waals surface area contributed by atoms with E-state index in [0.717, 1.165) is 17.0 Å². The van der Waals surface area contributed by atoms with Crippen LogP contribution in [0.3, 0.4) is 0 Å². The average molecular weight is 310 g/mol. The molecule has 2 aromatic rings. The molecular weight excluding hydrogens is 292 g/mol. The highest BCUT2D eigenvalue weighted by Gasteiger charge is 2.27. The number of nitrogen functional groups attached to an aromatic ring is 1. The van der Waals surface area contributed by atoms with Crippen molar-refractivity contribution in [2.75, 3.05) is 23.8 Å². The van der Waals surface area contributed by atoms with Crippen molar-refractivity contribution < 1.29 is 14.3 Å². The van der Waals surface area contributed by atoms with E-state index in [1.54, 1.807) is 41.3 Å². The molecule has 5 heteroatoms. The number of hydrogen-bond acceptors (Lipinski definition) is 4. The molecule has 0 unspecified atom stereocenters. The number of anilines is 2. The lowest BCUT2D eigenvalue weighted by molar-refractivity contribution is -0.117. The number of amides is 1. The molecule has 2 aromatic carbocycles. The number of fused-ring (bicyclic) bond motifs is 1. The van der Waals surface area contributed by atoms with Crippen molar-refractivity contribution in [2.45, 2.75) is 13.3 Å². The first-order chi connectivity index (χ1) is 11.0. The van der Waals surface area contributed by atoms with Crippen LogP contribution in [0.25, 0.3) is 0 Å². The zero-order chi connectivity index (χ0) is 16.4. The van der Waals surface area contributed by atoms with E-state index >= 15 is 0 Å². The van der Waals surface area contributed by atoms with Crippen LogP contribution in [0.4, 0.5) is 11.4 Å². The van der Waals surface area contributed by atoms with E-state index < -0.39 is 0 Å². The van der Waals surface area contributed by atoms with Crippen LogP contribution in [0.2, 0.25) is 0 Å². The van der Waals surface area contributed by atoms with Gasteiger partial charge in [0.15, 0.2) is 5.78 Å². The second-order valence-corrected chi connectivity index (χ2v) is 5.54. The first kappa shape index (κ1) is 15.1. The summed E-state index contributed by atoms with van der Waals surface area (Å²) in [6.45, 7) is 2.38. The fraction of sp³-hybridized carbons (Fsp3) is 0.222. The first-order valence-corrected chi connectivity index (χ1v) is 7.47. The topological polar surface area (TPSA) is 72.6 Å². The molecule has 0 atom stereocenters. The fourth-order valence-corrected chi connectivity index (χ4v) is 2.67. The molecule has 1 amide bonds. The Morgan fingerprint density at radius 2 is 1.96 bits per heavy atom. The lowest BCUT2D eigenvalue weighted by atomic mass is 10.1. The van der Waals surface area contributed by atoms with Crippen molar-refractivity contribution in [3.63, 3.8) is 0 Å². The molecular formula is C18H18N2O3. The van der Waals surface area contributed by atoms with E-state index in [9.17, 15) is 9.59 Å². The minimum Gasteiger partial charge on any atom is -0.492 e. The zero-order valence-electron chi connectivity index (χ0n) is 12.9. The standard InChI is InChI=1S/C18H18N2O3/c1-12(21)13-2-7-17-14(10-13)11-18(22)20(17)8-9-23-16-5-3-15(19)4-6-16/h2-7,10H,8-9,11,19H2,1H3. The van der Waals surface area contributed by atoms with Gasteiger partial charge in [-0.2, -0.15) is 0 Å². The minimum absolute atomic E-state index is 0.00498. The number of carbonyl (C=O) groups excluding carboxylic acids is 2. The van der Waals surface area contributed by atoms with Gasteiger partial charge < -0.3 is 15.4 Å². The third-order valence-corrected chi connectivity index (χ3v) is 3.88. The SMILES string of the molecule is CC(=O)c1ccc2c(c1)CC(=O)N2CCOc1ccc(N)cc1. The molecule has 5 nitrogen and oxygen atoms in total. The molecule has 0 spiro atoms. The van der Waals surface area contributed by atoms with Gasteiger partial charge in [-0.15, -0.1) is 0 Å². The Morgan fingerprint density at radius 1 is 1.22 bits per heavy atom. The Balaban J connectivity index is 1.66. The van der Waals surface area contributed by atoms with Crippen LogP contribution in [-0.4, -0.2) is 24.8 Å². The average Bonchev–Trinajstić information content (AvgIpc) is 2.84. The Hall–Kier alpha value is -2.82. The molecule has 1 heterocycles. The number of Topliss-reactive ketones (excluding diaryl/α,β-unsaturated/α-hetero) is 1. The molecule has 0 saturated heterocycles. The Morgan fingerprint density at radius 3 is 2.65 bits per heavy atom. The van der Waals surface area contributed by atoms with Gasteiger partial charge in [-0.1, -0.05) is 0 Å². The summed E-state index contributed by atoms with van der Waals surface area (Å²) in [6, 6.07) is 12.5. The van der Waals surface area contributed by atoms with Gasteiger partial charge in [0.05, 0.1) is 13.0 Å². The van der Waals surface area contributed by atoms with E-state index in [0.29, 0.717) is 30.8 Å². The summed E-state index contributed by atoms with van der Waals surface area (Å²) >= 11 is 0. The van der Waals surface area contributed by atoms with Crippen LogP contribution in [0.5, 0.6) is 5.75 Å². The quantitative estimate of drug-likeness (QED) is 0.680. The molecule has 0 aromatic heterocycles. The fourth-order valence-electron chi connectivity index (χ4n) is 2.67. The molecule has 0 fully saturated rings. The number of ketones is 1. The van der Waals surface area contributed by atoms with Crippen molar-refractivity contribution in [1.29, 1.82) is 0 Å². The van der Waals surface area contributed by atoms with Crippen LogP contribution in [0.15, 0.2) is 42.5 Å². The van der Waals surface area contributed by atoms with Crippen LogP contribution >= 0.6 is 0 Å². The van der Waals surface area contributed by atoms with E-state index in [1.165, 1.54) is 6.92 Å². The lowest BCUT2D eigenvalue weighted by Crippen LogP contribution is -2.31. The summed E-state index contributed by atoms with van der Waals surface area (Å²) in [5.74, 6) is 0.755. The van der Waals surface area contributed by atoms with E-state index in [1.807, 2.05) is 6.07 Å². The third-order valence-electron chi connectivity index (χ3n) is 3.88. The van der Waals surface area contributed by atoms with Gasteiger partial charge >= 0.3 is 0 Å². The van der Waals surface area contributed by atoms with E-state index in [-0.39, 0.29) is 11.7 Å². The maximum Gasteiger partial charge on any atom is 0.231 e. The normalized spacial score (nSPS) is 13.1. The van der Waals surface area contributed by atoms with Gasteiger partial charge in [0.25, 0.3) is 0 Å². The Kier molecular flexibility index (Phi) is 4.02. The molecule has 0 saturated carbocycles. The van der Waals surface area contributed by atoms with Gasteiger partial charge in [-0.3, -0.25) is 9.59 Å². The van der Waals surface area contributed by atoms with Crippen LogP contribution in [-0.2, 0) is 11.2 Å². The summed E-state index contributed by atoms with van der Waals surface area (Å²) in [4.78, 5) is 25.3. The number of benzene rings is 2. The van der Waals surface area contributed by atoms with Gasteiger partial charge in [0.2, 0.25) is 5.91 Å². The van der Waals surface area contributed by atoms with Crippen molar-refractivity contribution in [2.24, 2.45) is 0 Å². The summed E-state index contributed by atoms with van der Waals surface area (Å²) in [7, 11) is 0. The number of rotatable bonds is 5. The van der Waals surface area contributed by atoms with Crippen LogP contribution in [0, 0.1) is 0 Å². The van der Waals surface area contributed by atoms with Crippen molar-refractivity contribution in [3.8, 4) is 5.75 Å². The first-order valence-electron chi connectivity index (χ1n) is 7.47. The Bertz CT molecular complexity index is 753. The van der Waals surface area contributed by atoms with Crippen molar-refractivity contribution in [3.05, 3.63) is 53.6 Å². The number of carbonyl (C=O) groups is 2. The number of ether oxygens (including phenoxy) is 1. The molecule has 0 radical (unpaired) electrons. The maximum absolute atomic E-state index is 12.2. The molecule has 0 aliphatic carbocycles. The van der Waals surface area contributed by atoms with Gasteiger partial charge in [-0.25, -0.2) is 0 Å². The number of nitrogens with zero attached hydrogens (tertiary/aromatic N) is 1. The smallest absolute Gasteiger partial charge is 0.231 e. The molecule has 1 aliphatic heterocycles. The zero-order valence-corrected chi connectivity index (χ0v) is 12.9. The molecule has 2 N–H and O–H groups in total. The summed E-state index contributed by atoms with van der Waals surface area (Å²) in [5, 5.41) is 0. The Labute approximate surface area is 134 Å². The lowest BCUT2D eigenvalue weighted by Gasteiger charge is -2.18. The van der Waals surface area contributed by atoms with Crippen molar-refractivity contribution in [1.82, 2.24) is 0 Å². The predicted molar refractivity (Wildman–Crippen MR) is 88.9 cm³/mol. The molecule has 23 heavy (non-hydrogen) atoms. The second-order valence-electron chi connectivity index (χ2n) is 5.54. The van der Waals surface area contributed by atoms with Crippen molar-refractivity contribution >= 4 is 23.1 Å². The number of hydrogen-bond donors (Lipinski definition) is 1. The largest absolute Gasteiger partial charge is 0.492 e. The maximum atomic E-state index is 12.2. The van der Waals surface area contributed by atoms with E-state index in [2.05, 4.69) is 0 Å². The van der Waals surface area contributed by atoms with E-state index in [4.69, 9.17) is 10.5 Å².